The molecule has 2 aliphatic rings. The summed E-state index contributed by atoms with van der Waals surface area (Å²) in [6.07, 6.45) is 1.29. The lowest BCUT2D eigenvalue weighted by Crippen LogP contribution is -2.45. The molecule has 1 saturated heterocycles. The van der Waals surface area contributed by atoms with Crippen molar-refractivity contribution in [3.63, 3.8) is 0 Å². The zero-order valence-electron chi connectivity index (χ0n) is 20.0. The number of benzene rings is 2. The quantitative estimate of drug-likeness (QED) is 0.488. The summed E-state index contributed by atoms with van der Waals surface area (Å²) in [5, 5.41) is 2.76. The molecule has 0 saturated carbocycles. The zero-order valence-corrected chi connectivity index (χ0v) is 20.0. The van der Waals surface area contributed by atoms with Crippen LogP contribution < -0.4 is 25.0 Å². The molecule has 5 rings (SSSR count). The van der Waals surface area contributed by atoms with E-state index in [1.54, 1.807) is 6.07 Å². The third-order valence-corrected chi connectivity index (χ3v) is 6.23. The number of ether oxygens (including phenoxy) is 3. The minimum atomic E-state index is -0.343. The highest BCUT2D eigenvalue weighted by Crippen LogP contribution is 2.32. The molecule has 2 aromatic carbocycles. The van der Waals surface area contributed by atoms with Gasteiger partial charge >= 0.3 is 0 Å². The monoisotopic (exact) mass is 491 g/mol. The smallest absolute Gasteiger partial charge is 0.258 e. The third-order valence-electron chi connectivity index (χ3n) is 6.23. The van der Waals surface area contributed by atoms with Gasteiger partial charge in [-0.25, -0.2) is 0 Å². The molecular weight excluding hydrogens is 462 g/mol. The number of rotatable bonds is 9. The van der Waals surface area contributed by atoms with E-state index in [1.807, 2.05) is 18.2 Å². The van der Waals surface area contributed by atoms with Gasteiger partial charge in [0.05, 0.1) is 6.54 Å². The van der Waals surface area contributed by atoms with E-state index in [0.717, 1.165) is 38.3 Å². The highest BCUT2D eigenvalue weighted by molar-refractivity contribution is 5.77. The number of fused-ring (bicyclic) bond motifs is 1. The van der Waals surface area contributed by atoms with E-state index >= 15 is 0 Å². The van der Waals surface area contributed by atoms with Crippen LogP contribution >= 0.6 is 0 Å². The lowest BCUT2D eigenvalue weighted by Gasteiger charge is -2.34. The van der Waals surface area contributed by atoms with Crippen molar-refractivity contribution in [2.45, 2.75) is 19.6 Å². The fourth-order valence-corrected chi connectivity index (χ4v) is 4.24. The summed E-state index contributed by atoms with van der Waals surface area (Å²) >= 11 is 0. The molecule has 3 heterocycles. The normalized spacial score (nSPS) is 15.6. The molecule has 188 valence electrons. The Labute approximate surface area is 209 Å². The molecule has 3 aromatic rings. The molecule has 0 unspecified atom stereocenters. The summed E-state index contributed by atoms with van der Waals surface area (Å²) in [6, 6.07) is 17.4. The van der Waals surface area contributed by atoms with E-state index in [2.05, 4.69) is 39.4 Å². The average molecular weight is 492 g/mol. The van der Waals surface area contributed by atoms with Crippen molar-refractivity contribution >= 4 is 5.91 Å². The predicted octanol–water partition coefficient (Wildman–Crippen LogP) is 2.38. The Morgan fingerprint density at radius 1 is 0.889 bits per heavy atom. The molecule has 0 aliphatic carbocycles. The second-order valence-corrected chi connectivity index (χ2v) is 8.87. The molecule has 0 bridgehead atoms. The van der Waals surface area contributed by atoms with Gasteiger partial charge in [-0.1, -0.05) is 36.4 Å². The van der Waals surface area contributed by atoms with Crippen LogP contribution in [0.5, 0.6) is 17.2 Å². The Kier molecular flexibility index (Phi) is 7.49. The van der Waals surface area contributed by atoms with Gasteiger partial charge in [0.25, 0.3) is 5.91 Å². The molecule has 0 spiro atoms. The maximum atomic E-state index is 12.5. The van der Waals surface area contributed by atoms with Gasteiger partial charge in [0.2, 0.25) is 18.0 Å². The predicted molar refractivity (Wildman–Crippen MR) is 132 cm³/mol. The summed E-state index contributed by atoms with van der Waals surface area (Å²) in [5.41, 5.74) is 1.88. The molecule has 1 fully saturated rings. The minimum absolute atomic E-state index is 0.0182. The summed E-state index contributed by atoms with van der Waals surface area (Å²) in [4.78, 5) is 29.3. The number of nitrogens with zero attached hydrogens (tertiary/aromatic N) is 2. The molecule has 2 aliphatic heterocycles. The Balaban J connectivity index is 1.05. The van der Waals surface area contributed by atoms with Gasteiger partial charge in [-0.15, -0.1) is 0 Å². The first kappa shape index (κ1) is 23.9. The van der Waals surface area contributed by atoms with Crippen LogP contribution in [0.3, 0.4) is 0 Å². The lowest BCUT2D eigenvalue weighted by molar-refractivity contribution is -0.123. The first-order valence-corrected chi connectivity index (χ1v) is 12.0. The lowest BCUT2D eigenvalue weighted by atomic mass is 10.2. The number of nitrogens with one attached hydrogen (secondary N) is 1. The molecule has 9 nitrogen and oxygen atoms in total. The van der Waals surface area contributed by atoms with Gasteiger partial charge in [0.15, 0.2) is 18.1 Å². The summed E-state index contributed by atoms with van der Waals surface area (Å²) in [6.45, 7) is 5.46. The molecule has 1 aromatic heterocycles. The number of hydrogen-bond acceptors (Lipinski definition) is 8. The largest absolute Gasteiger partial charge is 0.477 e. The Morgan fingerprint density at radius 3 is 2.42 bits per heavy atom. The molecule has 1 amide bonds. The van der Waals surface area contributed by atoms with Crippen molar-refractivity contribution in [1.29, 1.82) is 0 Å². The standard InChI is InChI=1S/C27H29N3O6/c31-23-13-22(16-30-10-8-29(9-11-30)15-20-4-2-1-3-5-20)33-17-26(23)34-18-27(32)28-14-21-6-7-24-25(12-21)36-19-35-24/h1-7,12-13,17H,8-11,14-16,18-19H2,(H,28,32). The topological polar surface area (TPSA) is 93.5 Å². The molecule has 0 radical (unpaired) electrons. The fraction of sp³-hybridized carbons (Fsp3) is 0.333. The van der Waals surface area contributed by atoms with E-state index in [1.165, 1.54) is 17.9 Å². The highest BCUT2D eigenvalue weighted by atomic mass is 16.7. The molecule has 9 heteroatoms. The van der Waals surface area contributed by atoms with E-state index in [0.29, 0.717) is 30.3 Å². The van der Waals surface area contributed by atoms with Crippen LogP contribution in [0.4, 0.5) is 0 Å². The van der Waals surface area contributed by atoms with Gasteiger partial charge in [-0.3, -0.25) is 19.4 Å². The SMILES string of the molecule is O=C(COc1coc(CN2CCN(Cc3ccccc3)CC2)cc1=O)NCc1ccc2c(c1)OCO2. The first-order chi connectivity index (χ1) is 17.6. The third kappa shape index (κ3) is 6.24. The first-order valence-electron chi connectivity index (χ1n) is 12.0. The van der Waals surface area contributed by atoms with Crippen molar-refractivity contribution in [3.05, 3.63) is 88.0 Å². The highest BCUT2D eigenvalue weighted by Gasteiger charge is 2.19. The van der Waals surface area contributed by atoms with Crippen molar-refractivity contribution in [2.24, 2.45) is 0 Å². The van der Waals surface area contributed by atoms with Crippen LogP contribution in [0.1, 0.15) is 16.9 Å². The van der Waals surface area contributed by atoms with E-state index in [9.17, 15) is 9.59 Å². The molecule has 36 heavy (non-hydrogen) atoms. The second kappa shape index (κ2) is 11.3. The van der Waals surface area contributed by atoms with E-state index < -0.39 is 0 Å². The molecular formula is C27H29N3O6. The Bertz CT molecular complexity index is 1240. The van der Waals surface area contributed by atoms with Gasteiger partial charge in [0, 0.05) is 45.3 Å². The van der Waals surface area contributed by atoms with Crippen molar-refractivity contribution in [3.8, 4) is 17.2 Å². The number of piperazine rings is 1. The van der Waals surface area contributed by atoms with Gasteiger partial charge in [-0.05, 0) is 23.3 Å². The van der Waals surface area contributed by atoms with Gasteiger partial charge in [0.1, 0.15) is 12.0 Å². The van der Waals surface area contributed by atoms with Crippen molar-refractivity contribution in [2.75, 3.05) is 39.6 Å². The minimum Gasteiger partial charge on any atom is -0.477 e. The van der Waals surface area contributed by atoms with Crippen molar-refractivity contribution in [1.82, 2.24) is 15.1 Å². The molecule has 1 N–H and O–H groups in total. The van der Waals surface area contributed by atoms with Crippen molar-refractivity contribution < 1.29 is 23.4 Å². The van der Waals surface area contributed by atoms with Crippen LogP contribution in [0.25, 0.3) is 0 Å². The van der Waals surface area contributed by atoms with Crippen LogP contribution in [-0.2, 0) is 24.4 Å². The van der Waals surface area contributed by atoms with E-state index in [-0.39, 0.29) is 30.5 Å². The summed E-state index contributed by atoms with van der Waals surface area (Å²) < 4.78 is 21.6. The Morgan fingerprint density at radius 2 is 1.64 bits per heavy atom. The van der Waals surface area contributed by atoms with Gasteiger partial charge < -0.3 is 23.9 Å². The van der Waals surface area contributed by atoms with Crippen LogP contribution in [0.2, 0.25) is 0 Å². The number of carbonyl (C=O) groups is 1. The number of hydrogen-bond donors (Lipinski definition) is 1. The Hall–Kier alpha value is -3.82. The van der Waals surface area contributed by atoms with Gasteiger partial charge in [-0.2, -0.15) is 0 Å². The number of carbonyl (C=O) groups excluding carboxylic acids is 1. The second-order valence-electron chi connectivity index (χ2n) is 8.87. The molecule has 0 atom stereocenters. The zero-order chi connectivity index (χ0) is 24.7. The summed E-state index contributed by atoms with van der Waals surface area (Å²) in [5.74, 6) is 1.60. The van der Waals surface area contributed by atoms with Crippen LogP contribution in [-0.4, -0.2) is 55.3 Å². The van der Waals surface area contributed by atoms with Crippen LogP contribution in [0.15, 0.2) is 70.1 Å². The maximum absolute atomic E-state index is 12.5. The maximum Gasteiger partial charge on any atom is 0.258 e. The van der Waals surface area contributed by atoms with Crippen LogP contribution in [0, 0.1) is 0 Å². The average Bonchev–Trinajstić information content (AvgIpc) is 3.37. The number of amides is 1. The summed E-state index contributed by atoms with van der Waals surface area (Å²) in [7, 11) is 0. The fourth-order valence-electron chi connectivity index (χ4n) is 4.24. The van der Waals surface area contributed by atoms with E-state index in [4.69, 9.17) is 18.6 Å².